The highest BCUT2D eigenvalue weighted by Gasteiger charge is 2.13. The minimum atomic E-state index is -0.529. The number of aromatic nitrogens is 3. The van der Waals surface area contributed by atoms with Crippen molar-refractivity contribution in [3.63, 3.8) is 0 Å². The van der Waals surface area contributed by atoms with E-state index >= 15 is 0 Å². The number of nitrogens with two attached hydrogens (primary N) is 1. The quantitative estimate of drug-likeness (QED) is 0.329. The molecule has 0 atom stereocenters. The van der Waals surface area contributed by atoms with Crippen LogP contribution in [0.15, 0.2) is 48.5 Å². The number of carbonyl (C=O) groups is 2. The zero-order valence-electron chi connectivity index (χ0n) is 18.7. The second-order valence-corrected chi connectivity index (χ2v) is 7.33. The summed E-state index contributed by atoms with van der Waals surface area (Å²) in [4.78, 5) is 36.8. The molecule has 0 fully saturated rings. The fourth-order valence-corrected chi connectivity index (χ4v) is 2.93. The summed E-state index contributed by atoms with van der Waals surface area (Å²) in [6.45, 7) is 4.42. The van der Waals surface area contributed by atoms with Crippen LogP contribution in [0.1, 0.15) is 47.9 Å². The number of ketones is 1. The van der Waals surface area contributed by atoms with Crippen LogP contribution in [0.4, 0.5) is 17.6 Å². The summed E-state index contributed by atoms with van der Waals surface area (Å²) >= 11 is 0. The van der Waals surface area contributed by atoms with E-state index in [1.165, 1.54) is 0 Å². The number of para-hydroxylation sites is 1. The highest BCUT2D eigenvalue weighted by molar-refractivity contribution is 5.97. The standard InChI is InChI=1S/C24H27N5O4/c1-3-14-32-18-10-8-17(9-11-18)20(30)12-13-22(31)33-15-21-27-23(25)29-24(28-21)26-19-7-5-4-6-16(19)2/h4-11H,3,12-15H2,1-2H3,(H3,25,26,27,28,29). The van der Waals surface area contributed by atoms with E-state index in [9.17, 15) is 9.59 Å². The fraction of sp³-hybridized carbons (Fsp3) is 0.292. The van der Waals surface area contributed by atoms with Gasteiger partial charge in [0.2, 0.25) is 11.9 Å². The van der Waals surface area contributed by atoms with Gasteiger partial charge in [0.15, 0.2) is 18.2 Å². The highest BCUT2D eigenvalue weighted by atomic mass is 16.5. The molecule has 1 heterocycles. The Labute approximate surface area is 192 Å². The van der Waals surface area contributed by atoms with E-state index in [1.54, 1.807) is 24.3 Å². The van der Waals surface area contributed by atoms with Gasteiger partial charge >= 0.3 is 5.97 Å². The van der Waals surface area contributed by atoms with E-state index in [-0.39, 0.29) is 43.0 Å². The lowest BCUT2D eigenvalue weighted by molar-refractivity contribution is -0.145. The Kier molecular flexibility index (Phi) is 8.29. The molecule has 3 aromatic rings. The summed E-state index contributed by atoms with van der Waals surface area (Å²) in [6, 6.07) is 14.5. The van der Waals surface area contributed by atoms with Gasteiger partial charge in [-0.2, -0.15) is 15.0 Å². The Balaban J connectivity index is 1.49. The van der Waals surface area contributed by atoms with Gasteiger partial charge in [-0.3, -0.25) is 9.59 Å². The van der Waals surface area contributed by atoms with Crippen molar-refractivity contribution >= 4 is 29.3 Å². The minimum absolute atomic E-state index is 0.00803. The zero-order valence-corrected chi connectivity index (χ0v) is 18.7. The molecule has 9 nitrogen and oxygen atoms in total. The van der Waals surface area contributed by atoms with E-state index in [0.717, 1.165) is 17.7 Å². The smallest absolute Gasteiger partial charge is 0.306 e. The monoisotopic (exact) mass is 449 g/mol. The van der Waals surface area contributed by atoms with Crippen LogP contribution in [0.2, 0.25) is 0 Å². The lowest BCUT2D eigenvalue weighted by atomic mass is 10.1. The highest BCUT2D eigenvalue weighted by Crippen LogP contribution is 2.18. The third kappa shape index (κ3) is 7.27. The van der Waals surface area contributed by atoms with Gasteiger partial charge in [0.1, 0.15) is 5.75 Å². The van der Waals surface area contributed by atoms with Gasteiger partial charge in [-0.1, -0.05) is 25.1 Å². The number of nitrogens with one attached hydrogen (secondary N) is 1. The zero-order chi connectivity index (χ0) is 23.6. The maximum Gasteiger partial charge on any atom is 0.306 e. The summed E-state index contributed by atoms with van der Waals surface area (Å²) in [7, 11) is 0. The number of esters is 1. The first-order chi connectivity index (χ1) is 15.9. The van der Waals surface area contributed by atoms with Crippen LogP contribution in [0.25, 0.3) is 0 Å². The molecule has 0 aliphatic carbocycles. The normalized spacial score (nSPS) is 10.5. The van der Waals surface area contributed by atoms with Gasteiger partial charge in [0.25, 0.3) is 0 Å². The first-order valence-electron chi connectivity index (χ1n) is 10.7. The molecule has 0 bridgehead atoms. The molecule has 2 aromatic carbocycles. The van der Waals surface area contributed by atoms with E-state index in [1.807, 2.05) is 38.1 Å². The summed E-state index contributed by atoms with van der Waals surface area (Å²) in [5.74, 6) is 0.501. The number of hydrogen-bond donors (Lipinski definition) is 2. The Morgan fingerprint density at radius 2 is 1.76 bits per heavy atom. The second-order valence-electron chi connectivity index (χ2n) is 7.33. The van der Waals surface area contributed by atoms with Crippen molar-refractivity contribution in [3.05, 3.63) is 65.5 Å². The van der Waals surface area contributed by atoms with Crippen LogP contribution in [0.3, 0.4) is 0 Å². The second kappa shape index (κ2) is 11.6. The molecule has 0 radical (unpaired) electrons. The Bertz CT molecular complexity index is 1100. The van der Waals surface area contributed by atoms with Crippen LogP contribution in [-0.2, 0) is 16.1 Å². The average Bonchev–Trinajstić information content (AvgIpc) is 2.81. The van der Waals surface area contributed by atoms with Crippen molar-refractivity contribution in [2.45, 2.75) is 39.7 Å². The number of nitrogens with zero attached hydrogens (tertiary/aromatic N) is 3. The van der Waals surface area contributed by atoms with Gasteiger partial charge in [-0.25, -0.2) is 0 Å². The van der Waals surface area contributed by atoms with Crippen LogP contribution < -0.4 is 15.8 Å². The molecule has 9 heteroatoms. The number of nitrogen functional groups attached to an aromatic ring is 1. The van der Waals surface area contributed by atoms with Crippen LogP contribution in [0, 0.1) is 6.92 Å². The molecule has 0 saturated heterocycles. The number of benzene rings is 2. The molecule has 0 spiro atoms. The third-order valence-electron chi connectivity index (χ3n) is 4.66. The van der Waals surface area contributed by atoms with Crippen molar-refractivity contribution in [1.82, 2.24) is 15.0 Å². The molecule has 172 valence electrons. The first-order valence-corrected chi connectivity index (χ1v) is 10.7. The Hall–Kier alpha value is -4.01. The summed E-state index contributed by atoms with van der Waals surface area (Å²) in [6.07, 6.45) is 0.889. The number of ether oxygens (including phenoxy) is 2. The molecule has 33 heavy (non-hydrogen) atoms. The first kappa shape index (κ1) is 23.6. The molecule has 3 rings (SSSR count). The molecule has 3 N–H and O–H groups in total. The summed E-state index contributed by atoms with van der Waals surface area (Å²) in [5.41, 5.74) is 8.12. The third-order valence-corrected chi connectivity index (χ3v) is 4.66. The van der Waals surface area contributed by atoms with Gasteiger partial charge < -0.3 is 20.5 Å². The molecule has 0 saturated carbocycles. The summed E-state index contributed by atoms with van der Waals surface area (Å²) in [5, 5.41) is 3.08. The Morgan fingerprint density at radius 3 is 2.48 bits per heavy atom. The van der Waals surface area contributed by atoms with Crippen molar-refractivity contribution in [3.8, 4) is 5.75 Å². The number of Topliss-reactive ketones (excluding diaryl/α,β-unsaturated/α-hetero) is 1. The predicted molar refractivity (Wildman–Crippen MR) is 124 cm³/mol. The lowest BCUT2D eigenvalue weighted by Crippen LogP contribution is -2.12. The molecule has 1 aromatic heterocycles. The molecular weight excluding hydrogens is 422 g/mol. The van der Waals surface area contributed by atoms with Gasteiger partial charge in [-0.05, 0) is 49.2 Å². The topological polar surface area (TPSA) is 129 Å². The number of carbonyl (C=O) groups excluding carboxylic acids is 2. The van der Waals surface area contributed by atoms with Crippen molar-refractivity contribution in [1.29, 1.82) is 0 Å². The lowest BCUT2D eigenvalue weighted by Gasteiger charge is -2.10. The van der Waals surface area contributed by atoms with E-state index in [4.69, 9.17) is 15.2 Å². The maximum absolute atomic E-state index is 12.3. The van der Waals surface area contributed by atoms with E-state index < -0.39 is 5.97 Å². The van der Waals surface area contributed by atoms with E-state index in [0.29, 0.717) is 17.9 Å². The van der Waals surface area contributed by atoms with Gasteiger partial charge in [0.05, 0.1) is 13.0 Å². The number of hydrogen-bond acceptors (Lipinski definition) is 9. The molecule has 0 unspecified atom stereocenters. The fourth-order valence-electron chi connectivity index (χ4n) is 2.93. The SMILES string of the molecule is CCCOc1ccc(C(=O)CCC(=O)OCc2nc(N)nc(Nc3ccccc3C)n2)cc1. The molecule has 0 aliphatic heterocycles. The number of rotatable bonds is 11. The largest absolute Gasteiger partial charge is 0.494 e. The van der Waals surface area contributed by atoms with E-state index in [2.05, 4.69) is 20.3 Å². The van der Waals surface area contributed by atoms with Crippen LogP contribution >= 0.6 is 0 Å². The van der Waals surface area contributed by atoms with Crippen LogP contribution in [0.5, 0.6) is 5.75 Å². The van der Waals surface area contributed by atoms with Crippen molar-refractivity contribution < 1.29 is 19.1 Å². The maximum atomic E-state index is 12.3. The van der Waals surface area contributed by atoms with Crippen molar-refractivity contribution in [2.24, 2.45) is 0 Å². The van der Waals surface area contributed by atoms with Crippen molar-refractivity contribution in [2.75, 3.05) is 17.7 Å². The number of anilines is 3. The van der Waals surface area contributed by atoms with Gasteiger partial charge in [-0.15, -0.1) is 0 Å². The molecule has 0 aliphatic rings. The van der Waals surface area contributed by atoms with Crippen LogP contribution in [-0.4, -0.2) is 33.3 Å². The average molecular weight is 450 g/mol. The Morgan fingerprint density at radius 1 is 1.00 bits per heavy atom. The minimum Gasteiger partial charge on any atom is -0.494 e. The number of aryl methyl sites for hydroxylation is 1. The molecular formula is C24H27N5O4. The predicted octanol–water partition coefficient (Wildman–Crippen LogP) is 4.00. The summed E-state index contributed by atoms with van der Waals surface area (Å²) < 4.78 is 10.7. The van der Waals surface area contributed by atoms with Gasteiger partial charge in [0, 0.05) is 17.7 Å². The molecule has 0 amide bonds.